The predicted molar refractivity (Wildman–Crippen MR) is 73.7 cm³/mol. The molecule has 1 rings (SSSR count). The topological polar surface area (TPSA) is 0 Å². The molecule has 0 spiro atoms. The molecule has 0 saturated heterocycles. The lowest BCUT2D eigenvalue weighted by Crippen LogP contribution is -2.07. The van der Waals surface area contributed by atoms with E-state index in [4.69, 9.17) is 0 Å². The van der Waals surface area contributed by atoms with Crippen LogP contribution in [0.4, 0.5) is 0 Å². The number of unbranched alkanes of at least 4 members (excludes halogenated alkanes) is 5. The summed E-state index contributed by atoms with van der Waals surface area (Å²) < 4.78 is 0. The molecule has 0 aromatic heterocycles. The third-order valence-corrected chi connectivity index (χ3v) is 4.42. The maximum Gasteiger partial charge on any atom is -0.0386 e. The minimum atomic E-state index is 1.10. The van der Waals surface area contributed by atoms with E-state index in [1.165, 1.54) is 64.2 Å². The third-order valence-electron chi connectivity index (χ3n) is 4.42. The van der Waals surface area contributed by atoms with Gasteiger partial charge in [0.1, 0.15) is 0 Å². The maximum absolute atomic E-state index is 2.32. The highest BCUT2D eigenvalue weighted by atomic mass is 14.3. The molecule has 16 heavy (non-hydrogen) atoms. The summed E-state index contributed by atoms with van der Waals surface area (Å²) in [7, 11) is 0. The molecule has 0 N–H and O–H groups in total. The molecule has 0 heteroatoms. The Kier molecular flexibility index (Phi) is 7.98. The van der Waals surface area contributed by atoms with E-state index in [0.29, 0.717) is 0 Å². The van der Waals surface area contributed by atoms with Gasteiger partial charge in [0.05, 0.1) is 0 Å². The van der Waals surface area contributed by atoms with E-state index in [1.54, 1.807) is 12.8 Å². The van der Waals surface area contributed by atoms with E-state index < -0.39 is 0 Å². The van der Waals surface area contributed by atoms with Gasteiger partial charge in [0.2, 0.25) is 0 Å². The van der Waals surface area contributed by atoms with Crippen molar-refractivity contribution in [3.63, 3.8) is 0 Å². The molecule has 1 fully saturated rings. The van der Waals surface area contributed by atoms with Crippen LogP contribution in [0.5, 0.6) is 0 Å². The van der Waals surface area contributed by atoms with Crippen LogP contribution in [0.3, 0.4) is 0 Å². The van der Waals surface area contributed by atoms with Gasteiger partial charge in [-0.1, -0.05) is 90.9 Å². The van der Waals surface area contributed by atoms with Crippen LogP contribution in [0.2, 0.25) is 0 Å². The van der Waals surface area contributed by atoms with Crippen molar-refractivity contribution in [2.24, 2.45) is 11.8 Å². The summed E-state index contributed by atoms with van der Waals surface area (Å²) in [4.78, 5) is 0. The van der Waals surface area contributed by atoms with E-state index in [-0.39, 0.29) is 0 Å². The first kappa shape index (κ1) is 14.1. The molecule has 0 nitrogen and oxygen atoms in total. The lowest BCUT2D eigenvalue weighted by Gasteiger charge is -2.19. The summed E-state index contributed by atoms with van der Waals surface area (Å²) in [5, 5.41) is 0. The summed E-state index contributed by atoms with van der Waals surface area (Å²) in [5.74, 6) is 2.21. The first-order valence-electron chi connectivity index (χ1n) is 7.88. The molecular formula is C16H32. The molecule has 0 amide bonds. The minimum Gasteiger partial charge on any atom is -0.0654 e. The molecule has 2 atom stereocenters. The Morgan fingerprint density at radius 2 is 1.19 bits per heavy atom. The summed E-state index contributed by atoms with van der Waals surface area (Å²) >= 11 is 0. The Morgan fingerprint density at radius 3 is 1.75 bits per heavy atom. The molecule has 0 aromatic carbocycles. The van der Waals surface area contributed by atoms with Crippen molar-refractivity contribution in [3.8, 4) is 0 Å². The van der Waals surface area contributed by atoms with E-state index in [9.17, 15) is 0 Å². The molecule has 0 radical (unpaired) electrons. The SMILES string of the molecule is CCCCCCC1CCCC1CCCCC. The fraction of sp³-hybridized carbons (Fsp3) is 1.00. The van der Waals surface area contributed by atoms with Crippen molar-refractivity contribution in [1.29, 1.82) is 0 Å². The third kappa shape index (κ3) is 5.37. The van der Waals surface area contributed by atoms with E-state index in [2.05, 4.69) is 13.8 Å². The normalized spacial score (nSPS) is 25.1. The highest BCUT2D eigenvalue weighted by Gasteiger charge is 2.25. The van der Waals surface area contributed by atoms with E-state index in [1.807, 2.05) is 0 Å². The zero-order valence-corrected chi connectivity index (χ0v) is 11.6. The van der Waals surface area contributed by atoms with Crippen molar-refractivity contribution in [3.05, 3.63) is 0 Å². The quantitative estimate of drug-likeness (QED) is 0.424. The van der Waals surface area contributed by atoms with Gasteiger partial charge < -0.3 is 0 Å². The van der Waals surface area contributed by atoms with Crippen molar-refractivity contribution in [2.45, 2.75) is 90.9 Å². The second-order valence-electron chi connectivity index (χ2n) is 5.80. The standard InChI is InChI=1S/C16H32/c1-3-5-7-9-12-16-14-10-13-15(16)11-8-6-4-2/h15-16H,3-14H2,1-2H3. The lowest BCUT2D eigenvalue weighted by atomic mass is 9.87. The molecule has 0 heterocycles. The average Bonchev–Trinajstić information content (AvgIpc) is 2.73. The summed E-state index contributed by atoms with van der Waals surface area (Å²) in [6.45, 7) is 4.63. The lowest BCUT2D eigenvalue weighted by molar-refractivity contribution is 0.324. The van der Waals surface area contributed by atoms with E-state index in [0.717, 1.165) is 11.8 Å². The smallest absolute Gasteiger partial charge is 0.0386 e. The summed E-state index contributed by atoms with van der Waals surface area (Å²) in [6, 6.07) is 0. The zero-order valence-electron chi connectivity index (χ0n) is 11.6. The van der Waals surface area contributed by atoms with Crippen LogP contribution in [-0.2, 0) is 0 Å². The van der Waals surface area contributed by atoms with Gasteiger partial charge in [-0.2, -0.15) is 0 Å². The van der Waals surface area contributed by atoms with Crippen LogP contribution in [0.1, 0.15) is 90.9 Å². The van der Waals surface area contributed by atoms with Gasteiger partial charge in [-0.05, 0) is 11.8 Å². The van der Waals surface area contributed by atoms with E-state index >= 15 is 0 Å². The molecule has 1 saturated carbocycles. The highest BCUT2D eigenvalue weighted by Crippen LogP contribution is 2.38. The first-order valence-corrected chi connectivity index (χ1v) is 7.88. The Bertz CT molecular complexity index is 150. The molecule has 0 aliphatic heterocycles. The zero-order chi connectivity index (χ0) is 11.6. The first-order chi connectivity index (χ1) is 7.88. The van der Waals surface area contributed by atoms with Crippen LogP contribution in [0, 0.1) is 11.8 Å². The largest absolute Gasteiger partial charge is 0.0654 e. The van der Waals surface area contributed by atoms with Gasteiger partial charge in [0, 0.05) is 0 Å². The van der Waals surface area contributed by atoms with Crippen molar-refractivity contribution < 1.29 is 0 Å². The molecule has 96 valence electrons. The van der Waals surface area contributed by atoms with Crippen LogP contribution >= 0.6 is 0 Å². The van der Waals surface area contributed by atoms with Gasteiger partial charge in [0.25, 0.3) is 0 Å². The van der Waals surface area contributed by atoms with Crippen LogP contribution in [0.25, 0.3) is 0 Å². The maximum atomic E-state index is 2.32. The van der Waals surface area contributed by atoms with Gasteiger partial charge in [-0.3, -0.25) is 0 Å². The molecule has 1 aliphatic rings. The molecular weight excluding hydrogens is 192 g/mol. The highest BCUT2D eigenvalue weighted by molar-refractivity contribution is 4.77. The summed E-state index contributed by atoms with van der Waals surface area (Å²) in [6.07, 6.45) is 17.8. The number of hydrogen-bond acceptors (Lipinski definition) is 0. The predicted octanol–water partition coefficient (Wildman–Crippen LogP) is 5.95. The number of hydrogen-bond donors (Lipinski definition) is 0. The Morgan fingerprint density at radius 1 is 0.688 bits per heavy atom. The van der Waals surface area contributed by atoms with Crippen LogP contribution in [-0.4, -0.2) is 0 Å². The monoisotopic (exact) mass is 224 g/mol. The number of rotatable bonds is 9. The van der Waals surface area contributed by atoms with Gasteiger partial charge >= 0.3 is 0 Å². The van der Waals surface area contributed by atoms with Gasteiger partial charge in [-0.25, -0.2) is 0 Å². The second-order valence-corrected chi connectivity index (χ2v) is 5.80. The molecule has 2 unspecified atom stereocenters. The van der Waals surface area contributed by atoms with Crippen molar-refractivity contribution in [2.75, 3.05) is 0 Å². The Labute approximate surface area is 103 Å². The minimum absolute atomic E-state index is 1.10. The molecule has 1 aliphatic carbocycles. The Balaban J connectivity index is 2.08. The fourth-order valence-electron chi connectivity index (χ4n) is 3.36. The van der Waals surface area contributed by atoms with Gasteiger partial charge in [0.15, 0.2) is 0 Å². The fourth-order valence-corrected chi connectivity index (χ4v) is 3.36. The Hall–Kier alpha value is 0. The van der Waals surface area contributed by atoms with Crippen molar-refractivity contribution in [1.82, 2.24) is 0 Å². The molecule has 0 aromatic rings. The summed E-state index contributed by atoms with van der Waals surface area (Å²) in [5.41, 5.74) is 0. The second kappa shape index (κ2) is 9.07. The van der Waals surface area contributed by atoms with Crippen molar-refractivity contribution >= 4 is 0 Å². The van der Waals surface area contributed by atoms with Gasteiger partial charge in [-0.15, -0.1) is 0 Å². The molecule has 0 bridgehead atoms. The van der Waals surface area contributed by atoms with Crippen LogP contribution in [0.15, 0.2) is 0 Å². The average molecular weight is 224 g/mol. The van der Waals surface area contributed by atoms with Crippen LogP contribution < -0.4 is 0 Å².